The molecule has 0 saturated heterocycles. The van der Waals surface area contributed by atoms with Gasteiger partial charge in [0, 0.05) is 30.4 Å². The minimum atomic E-state index is -4.12. The Labute approximate surface area is 201 Å². The molecule has 1 atom stereocenters. The van der Waals surface area contributed by atoms with E-state index in [1.54, 1.807) is 18.2 Å². The molecule has 35 heavy (non-hydrogen) atoms. The van der Waals surface area contributed by atoms with Crippen molar-refractivity contribution >= 4 is 27.4 Å². The number of quaternary nitrogens is 1. The number of carbonyl (C=O) groups is 2. The second-order valence-electron chi connectivity index (χ2n) is 7.68. The molecule has 1 amide bonds. The van der Waals surface area contributed by atoms with Crippen molar-refractivity contribution in [1.82, 2.24) is 14.4 Å². The van der Waals surface area contributed by atoms with E-state index in [9.17, 15) is 27.9 Å². The zero-order valence-corrected chi connectivity index (χ0v) is 19.7. The van der Waals surface area contributed by atoms with Gasteiger partial charge < -0.3 is 20.9 Å². The molecule has 0 aliphatic heterocycles. The zero-order chi connectivity index (χ0) is 25.4. The summed E-state index contributed by atoms with van der Waals surface area (Å²) in [4.78, 5) is 36.6. The van der Waals surface area contributed by atoms with Crippen LogP contribution in [0.25, 0.3) is 5.52 Å². The number of rotatable bonds is 12. The van der Waals surface area contributed by atoms with Crippen molar-refractivity contribution in [3.63, 3.8) is 0 Å². The second kappa shape index (κ2) is 11.6. The van der Waals surface area contributed by atoms with Gasteiger partial charge in [0.15, 0.2) is 0 Å². The zero-order valence-electron chi connectivity index (χ0n) is 18.8. The van der Waals surface area contributed by atoms with Crippen LogP contribution in [0.5, 0.6) is 5.75 Å². The number of aromatic nitrogens is 1. The Kier molecular flexibility index (Phi) is 8.58. The number of hydrogen-bond donors (Lipinski definition) is 4. The molecule has 11 nitrogen and oxygen atoms in total. The summed E-state index contributed by atoms with van der Waals surface area (Å²) in [6.45, 7) is 0.770. The molecule has 0 saturated carbocycles. The van der Waals surface area contributed by atoms with Crippen LogP contribution >= 0.6 is 0 Å². The number of nitrogens with zero attached hydrogens (tertiary/aromatic N) is 1. The van der Waals surface area contributed by atoms with Crippen LogP contribution in [0.2, 0.25) is 0 Å². The summed E-state index contributed by atoms with van der Waals surface area (Å²) in [6, 6.07) is 11.5. The molecule has 0 spiro atoms. The molecule has 3 rings (SSSR count). The van der Waals surface area contributed by atoms with Crippen molar-refractivity contribution in [2.75, 3.05) is 19.7 Å². The van der Waals surface area contributed by atoms with Gasteiger partial charge in [-0.3, -0.25) is 18.8 Å². The summed E-state index contributed by atoms with van der Waals surface area (Å²) >= 11 is 0. The van der Waals surface area contributed by atoms with E-state index in [4.69, 9.17) is 4.74 Å². The average molecular weight is 504 g/mol. The van der Waals surface area contributed by atoms with E-state index in [1.165, 1.54) is 40.9 Å². The summed E-state index contributed by atoms with van der Waals surface area (Å²) in [5, 5.41) is 11.8. The largest absolute Gasteiger partial charge is 0.493 e. The van der Waals surface area contributed by atoms with Crippen molar-refractivity contribution in [2.24, 2.45) is 0 Å². The van der Waals surface area contributed by atoms with E-state index in [-0.39, 0.29) is 10.5 Å². The van der Waals surface area contributed by atoms with E-state index in [0.717, 1.165) is 25.5 Å². The van der Waals surface area contributed by atoms with Gasteiger partial charge in [0.25, 0.3) is 11.5 Å². The number of carboxylic acids is 1. The molecular weight excluding hydrogens is 476 g/mol. The van der Waals surface area contributed by atoms with Gasteiger partial charge in [0.2, 0.25) is 10.0 Å². The fraction of sp³-hybridized carbons (Fsp3) is 0.261. The fourth-order valence-electron chi connectivity index (χ4n) is 3.23. The molecule has 2 heterocycles. The van der Waals surface area contributed by atoms with Crippen LogP contribution in [0.15, 0.2) is 70.5 Å². The third kappa shape index (κ3) is 6.88. The number of hydrogen-bond acceptors (Lipinski definition) is 6. The van der Waals surface area contributed by atoms with Crippen molar-refractivity contribution < 1.29 is 33.6 Å². The topological polar surface area (TPSA) is 171 Å². The molecule has 0 aliphatic rings. The monoisotopic (exact) mass is 503 g/mol. The number of benzene rings is 1. The Morgan fingerprint density at radius 3 is 2.51 bits per heavy atom. The predicted octanol–water partition coefficient (Wildman–Crippen LogP) is -0.138. The van der Waals surface area contributed by atoms with Gasteiger partial charge in [0.05, 0.1) is 23.6 Å². The molecule has 1 aromatic carbocycles. The molecule has 2 aromatic heterocycles. The molecule has 0 aliphatic carbocycles. The average Bonchev–Trinajstić information content (AvgIpc) is 2.84. The molecule has 0 bridgehead atoms. The number of pyridine rings is 2. The molecule has 0 fully saturated rings. The van der Waals surface area contributed by atoms with Crippen molar-refractivity contribution in [3.05, 3.63) is 76.7 Å². The quantitative estimate of drug-likeness (QED) is 0.249. The predicted molar refractivity (Wildman–Crippen MR) is 127 cm³/mol. The van der Waals surface area contributed by atoms with Gasteiger partial charge in [-0.25, -0.2) is 8.42 Å². The lowest BCUT2D eigenvalue weighted by Gasteiger charge is -2.16. The number of aliphatic carboxylic acids is 1. The van der Waals surface area contributed by atoms with Gasteiger partial charge in [-0.05, 0) is 37.1 Å². The van der Waals surface area contributed by atoms with Gasteiger partial charge in [-0.2, -0.15) is 4.72 Å². The Hall–Kier alpha value is -3.74. The van der Waals surface area contributed by atoms with Crippen LogP contribution in [0.1, 0.15) is 23.2 Å². The van der Waals surface area contributed by atoms with Crippen molar-refractivity contribution in [3.8, 4) is 5.75 Å². The Bertz CT molecular complexity index is 1360. The minimum absolute atomic E-state index is 0.000683. The van der Waals surface area contributed by atoms with Crippen LogP contribution < -0.4 is 26.1 Å². The maximum absolute atomic E-state index is 12.7. The van der Waals surface area contributed by atoms with Crippen molar-refractivity contribution in [1.29, 1.82) is 0 Å². The summed E-state index contributed by atoms with van der Waals surface area (Å²) in [7, 11) is -4.12. The van der Waals surface area contributed by atoms with E-state index < -0.39 is 40.0 Å². The summed E-state index contributed by atoms with van der Waals surface area (Å²) in [5.74, 6) is -1.66. The Morgan fingerprint density at radius 1 is 1.09 bits per heavy atom. The number of nitrogens with one attached hydrogen (secondary N) is 2. The van der Waals surface area contributed by atoms with Gasteiger partial charge >= 0.3 is 5.97 Å². The molecule has 186 valence electrons. The van der Waals surface area contributed by atoms with Crippen LogP contribution in [0, 0.1) is 0 Å². The number of ether oxygens (including phenoxy) is 1. The fourth-order valence-corrected chi connectivity index (χ4v) is 4.44. The van der Waals surface area contributed by atoms with E-state index in [1.807, 2.05) is 0 Å². The lowest BCUT2D eigenvalue weighted by Crippen LogP contribution is -2.50. The van der Waals surface area contributed by atoms with Crippen LogP contribution in [0.4, 0.5) is 0 Å². The second-order valence-corrected chi connectivity index (χ2v) is 9.40. The van der Waals surface area contributed by atoms with E-state index >= 15 is 0 Å². The molecule has 0 radical (unpaired) electrons. The highest BCUT2D eigenvalue weighted by Crippen LogP contribution is 2.15. The number of amides is 1. The van der Waals surface area contributed by atoms with Crippen LogP contribution in [-0.4, -0.2) is 55.5 Å². The third-order valence-electron chi connectivity index (χ3n) is 5.07. The smallest absolute Gasteiger partial charge is 0.323 e. The van der Waals surface area contributed by atoms with E-state index in [0.29, 0.717) is 17.9 Å². The molecule has 12 heteroatoms. The lowest BCUT2D eigenvalue weighted by molar-refractivity contribution is -0.368. The van der Waals surface area contributed by atoms with E-state index in [2.05, 4.69) is 15.8 Å². The Balaban J connectivity index is 1.72. The SMILES string of the molecule is [NH3+]CCCCOc1ccn2c(=O)cc(C(=O)NC[C@H](NS(=O)(=O)c3ccccc3)C(=O)O)cc2c1. The lowest BCUT2D eigenvalue weighted by atomic mass is 10.2. The molecular formula is C23H27N4O7S+. The first kappa shape index (κ1) is 25.9. The molecule has 3 aromatic rings. The summed E-state index contributed by atoms with van der Waals surface area (Å²) in [5.41, 5.74) is 3.73. The minimum Gasteiger partial charge on any atom is -0.493 e. The highest BCUT2D eigenvalue weighted by atomic mass is 32.2. The standard InChI is InChI=1S/C23H26N4O7S/c24-9-4-5-11-34-18-8-10-27-17(14-18)12-16(13-21(27)28)22(29)25-15-20(23(30)31)26-35(32,33)19-6-2-1-3-7-19/h1-3,6-8,10,12-14,20,26H,4-5,9,11,15,24H2,(H,25,29)(H,30,31)/p+1/t20-/m0/s1. The normalized spacial score (nSPS) is 12.3. The number of fused-ring (bicyclic) bond motifs is 1. The highest BCUT2D eigenvalue weighted by molar-refractivity contribution is 7.89. The molecule has 0 unspecified atom stereocenters. The number of sulfonamides is 1. The Morgan fingerprint density at radius 2 is 1.83 bits per heavy atom. The van der Waals surface area contributed by atoms with Crippen LogP contribution in [-0.2, 0) is 14.8 Å². The number of carboxylic acid groups (broad SMARTS) is 1. The van der Waals surface area contributed by atoms with Gasteiger partial charge in [-0.1, -0.05) is 18.2 Å². The maximum Gasteiger partial charge on any atom is 0.323 e. The maximum atomic E-state index is 12.7. The third-order valence-corrected chi connectivity index (χ3v) is 6.55. The highest BCUT2D eigenvalue weighted by Gasteiger charge is 2.26. The van der Waals surface area contributed by atoms with Crippen LogP contribution in [0.3, 0.4) is 0 Å². The summed E-state index contributed by atoms with van der Waals surface area (Å²) in [6.07, 6.45) is 3.30. The first-order valence-electron chi connectivity index (χ1n) is 10.9. The van der Waals surface area contributed by atoms with Crippen molar-refractivity contribution in [2.45, 2.75) is 23.8 Å². The molecule has 6 N–H and O–H groups in total. The summed E-state index contributed by atoms with van der Waals surface area (Å²) < 4.78 is 34.0. The first-order valence-corrected chi connectivity index (χ1v) is 12.4. The van der Waals surface area contributed by atoms with Gasteiger partial charge in [0.1, 0.15) is 11.8 Å². The number of unbranched alkanes of at least 4 members (excludes halogenated alkanes) is 1. The first-order chi connectivity index (χ1) is 16.7. The number of carbonyl (C=O) groups excluding carboxylic acids is 1. The van der Waals surface area contributed by atoms with Gasteiger partial charge in [-0.15, -0.1) is 0 Å².